The highest BCUT2D eigenvalue weighted by Crippen LogP contribution is 2.52. The summed E-state index contributed by atoms with van der Waals surface area (Å²) >= 11 is 0. The topological polar surface area (TPSA) is 21.3 Å². The van der Waals surface area contributed by atoms with Crippen LogP contribution in [0.2, 0.25) is 0 Å². The molecule has 0 spiro atoms. The molecular formula is C45H32N2O. The van der Waals surface area contributed by atoms with Crippen LogP contribution in [-0.4, -0.2) is 4.57 Å². The van der Waals surface area contributed by atoms with E-state index >= 15 is 0 Å². The quantitative estimate of drug-likeness (QED) is 0.197. The lowest BCUT2D eigenvalue weighted by molar-refractivity contribution is 0.632. The third-order valence-electron chi connectivity index (χ3n) is 10.4. The zero-order chi connectivity index (χ0) is 32.0. The van der Waals surface area contributed by atoms with Crippen molar-refractivity contribution in [2.24, 2.45) is 0 Å². The van der Waals surface area contributed by atoms with Gasteiger partial charge in [-0.1, -0.05) is 111 Å². The van der Waals surface area contributed by atoms with E-state index in [1.807, 2.05) is 6.07 Å². The van der Waals surface area contributed by atoms with E-state index in [0.29, 0.717) is 0 Å². The van der Waals surface area contributed by atoms with E-state index in [4.69, 9.17) is 4.42 Å². The minimum Gasteiger partial charge on any atom is -0.454 e. The van der Waals surface area contributed by atoms with Crippen LogP contribution in [0.5, 0.6) is 0 Å². The van der Waals surface area contributed by atoms with Crippen molar-refractivity contribution in [1.82, 2.24) is 4.57 Å². The second-order valence-corrected chi connectivity index (χ2v) is 13.4. The van der Waals surface area contributed by atoms with Gasteiger partial charge in [0.25, 0.3) is 0 Å². The van der Waals surface area contributed by atoms with Gasteiger partial charge in [-0.3, -0.25) is 0 Å². The molecule has 0 unspecified atom stereocenters. The third-order valence-corrected chi connectivity index (χ3v) is 10.4. The van der Waals surface area contributed by atoms with Crippen LogP contribution >= 0.6 is 0 Å². The van der Waals surface area contributed by atoms with E-state index in [1.165, 1.54) is 55.6 Å². The van der Waals surface area contributed by atoms with Gasteiger partial charge in [-0.15, -0.1) is 0 Å². The Morgan fingerprint density at radius 2 is 1.10 bits per heavy atom. The SMILES string of the molecule is CC1(C)c2ccccc2N(c2ccccc2)c2ccc(-c3ccc4c(c3)c3ccccc3n4-c3cccc4c3oc3ccccc34)cc21. The van der Waals surface area contributed by atoms with Crippen LogP contribution in [0, 0.1) is 0 Å². The Morgan fingerprint density at radius 3 is 2.00 bits per heavy atom. The summed E-state index contributed by atoms with van der Waals surface area (Å²) in [5, 5.41) is 4.73. The molecule has 0 atom stereocenters. The largest absolute Gasteiger partial charge is 0.454 e. The number of hydrogen-bond donors (Lipinski definition) is 0. The summed E-state index contributed by atoms with van der Waals surface area (Å²) in [6.07, 6.45) is 0. The Hall–Kier alpha value is -6.06. The Kier molecular flexibility index (Phi) is 5.63. The van der Waals surface area contributed by atoms with E-state index < -0.39 is 0 Å². The molecule has 3 heterocycles. The predicted molar refractivity (Wildman–Crippen MR) is 200 cm³/mol. The average molecular weight is 617 g/mol. The molecule has 0 N–H and O–H groups in total. The second-order valence-electron chi connectivity index (χ2n) is 13.4. The lowest BCUT2D eigenvalue weighted by Crippen LogP contribution is -2.30. The van der Waals surface area contributed by atoms with Gasteiger partial charge in [0.2, 0.25) is 0 Å². The van der Waals surface area contributed by atoms with Crippen molar-refractivity contribution in [2.75, 3.05) is 4.90 Å². The summed E-state index contributed by atoms with van der Waals surface area (Å²) in [5.41, 5.74) is 13.7. The monoisotopic (exact) mass is 616 g/mol. The fourth-order valence-corrected chi connectivity index (χ4v) is 8.06. The fourth-order valence-electron chi connectivity index (χ4n) is 8.06. The number of aromatic nitrogens is 1. The Morgan fingerprint density at radius 1 is 0.458 bits per heavy atom. The zero-order valence-electron chi connectivity index (χ0n) is 26.8. The maximum absolute atomic E-state index is 6.51. The molecule has 0 radical (unpaired) electrons. The van der Waals surface area contributed by atoms with Gasteiger partial charge in [0.05, 0.1) is 28.1 Å². The van der Waals surface area contributed by atoms with Crippen LogP contribution in [0.15, 0.2) is 162 Å². The normalized spacial score (nSPS) is 13.8. The Balaban J connectivity index is 1.17. The predicted octanol–water partition coefficient (Wildman–Crippen LogP) is 12.5. The highest BCUT2D eigenvalue weighted by molar-refractivity contribution is 6.13. The number of fused-ring (bicyclic) bond motifs is 8. The zero-order valence-corrected chi connectivity index (χ0v) is 26.8. The van der Waals surface area contributed by atoms with Crippen LogP contribution in [0.3, 0.4) is 0 Å². The second kappa shape index (κ2) is 9.97. The first-order valence-corrected chi connectivity index (χ1v) is 16.6. The van der Waals surface area contributed by atoms with Crippen molar-refractivity contribution in [3.8, 4) is 16.8 Å². The summed E-state index contributed by atoms with van der Waals surface area (Å²) in [6.45, 7) is 4.71. The van der Waals surface area contributed by atoms with Crippen molar-refractivity contribution in [3.63, 3.8) is 0 Å². The molecule has 1 aliphatic rings. The maximum atomic E-state index is 6.51. The molecule has 0 amide bonds. The molecule has 48 heavy (non-hydrogen) atoms. The molecule has 0 aliphatic carbocycles. The van der Waals surface area contributed by atoms with E-state index in [-0.39, 0.29) is 5.41 Å². The molecule has 10 rings (SSSR count). The third kappa shape index (κ3) is 3.76. The van der Waals surface area contributed by atoms with E-state index in [0.717, 1.165) is 33.1 Å². The van der Waals surface area contributed by atoms with Gasteiger partial charge >= 0.3 is 0 Å². The van der Waals surface area contributed by atoms with Crippen molar-refractivity contribution >= 4 is 60.8 Å². The average Bonchev–Trinajstić information content (AvgIpc) is 3.68. The van der Waals surface area contributed by atoms with Gasteiger partial charge < -0.3 is 13.9 Å². The molecule has 2 aromatic heterocycles. The first-order valence-electron chi connectivity index (χ1n) is 16.6. The summed E-state index contributed by atoms with van der Waals surface area (Å²) in [5.74, 6) is 0. The number of benzene rings is 7. The molecule has 3 heteroatoms. The van der Waals surface area contributed by atoms with Gasteiger partial charge in [0.15, 0.2) is 5.58 Å². The van der Waals surface area contributed by atoms with Crippen LogP contribution in [0.25, 0.3) is 60.6 Å². The molecule has 9 aromatic rings. The molecule has 0 saturated carbocycles. The first-order chi connectivity index (χ1) is 23.6. The molecular weight excluding hydrogens is 585 g/mol. The number of para-hydroxylation sites is 5. The van der Waals surface area contributed by atoms with Crippen molar-refractivity contribution < 1.29 is 4.42 Å². The van der Waals surface area contributed by atoms with Gasteiger partial charge in [-0.05, 0) is 82.9 Å². The summed E-state index contributed by atoms with van der Waals surface area (Å²) in [6, 6.07) is 57.0. The number of rotatable bonds is 3. The first kappa shape index (κ1) is 27.1. The van der Waals surface area contributed by atoms with Crippen LogP contribution in [0.4, 0.5) is 17.1 Å². The highest BCUT2D eigenvalue weighted by Gasteiger charge is 2.37. The van der Waals surface area contributed by atoms with E-state index in [9.17, 15) is 0 Å². The minimum atomic E-state index is -0.168. The summed E-state index contributed by atoms with van der Waals surface area (Å²) in [7, 11) is 0. The molecule has 3 nitrogen and oxygen atoms in total. The van der Waals surface area contributed by atoms with E-state index in [2.05, 4.69) is 175 Å². The summed E-state index contributed by atoms with van der Waals surface area (Å²) in [4.78, 5) is 2.41. The number of nitrogens with zero attached hydrogens (tertiary/aromatic N) is 2. The fraction of sp³-hybridized carbons (Fsp3) is 0.0667. The molecule has 228 valence electrons. The van der Waals surface area contributed by atoms with Crippen molar-refractivity contribution in [1.29, 1.82) is 0 Å². The minimum absolute atomic E-state index is 0.168. The van der Waals surface area contributed by atoms with Crippen LogP contribution in [-0.2, 0) is 5.41 Å². The van der Waals surface area contributed by atoms with Crippen LogP contribution in [0.1, 0.15) is 25.0 Å². The standard InChI is InChI=1S/C45H32N2O/c1-45(2)36-18-8-10-20-40(36)46(31-13-4-3-5-14-31)41-26-24-30(28-37(41)45)29-23-25-39-35(27-29)32-15-6-9-19-38(32)47(39)42-21-12-17-34-33-16-7-11-22-43(33)48-44(34)42/h3-28H,1-2H3. The Labute approximate surface area is 278 Å². The van der Waals surface area contributed by atoms with Crippen molar-refractivity contribution in [3.05, 3.63) is 169 Å². The number of anilines is 3. The molecule has 0 saturated heterocycles. The summed E-state index contributed by atoms with van der Waals surface area (Å²) < 4.78 is 8.88. The molecule has 0 fully saturated rings. The Bertz CT molecular complexity index is 2710. The van der Waals surface area contributed by atoms with Crippen LogP contribution < -0.4 is 4.90 Å². The van der Waals surface area contributed by atoms with Gasteiger partial charge in [-0.2, -0.15) is 0 Å². The molecule has 7 aromatic carbocycles. The maximum Gasteiger partial charge on any atom is 0.159 e. The number of furan rings is 1. The molecule has 0 bridgehead atoms. The van der Waals surface area contributed by atoms with Gasteiger partial charge in [-0.25, -0.2) is 0 Å². The lowest BCUT2D eigenvalue weighted by atomic mass is 9.73. The van der Waals surface area contributed by atoms with Crippen molar-refractivity contribution in [2.45, 2.75) is 19.3 Å². The van der Waals surface area contributed by atoms with Gasteiger partial charge in [0, 0.05) is 32.6 Å². The number of hydrogen-bond acceptors (Lipinski definition) is 2. The van der Waals surface area contributed by atoms with E-state index in [1.54, 1.807) is 0 Å². The smallest absolute Gasteiger partial charge is 0.159 e. The lowest BCUT2D eigenvalue weighted by Gasteiger charge is -2.42. The highest BCUT2D eigenvalue weighted by atomic mass is 16.3. The van der Waals surface area contributed by atoms with Gasteiger partial charge in [0.1, 0.15) is 5.58 Å². The molecule has 1 aliphatic heterocycles.